The number of ether oxygens (including phenoxy) is 2. The van der Waals surface area contributed by atoms with Gasteiger partial charge in [-0.1, -0.05) is 0 Å². The van der Waals surface area contributed by atoms with Crippen LogP contribution in [0.5, 0.6) is 11.5 Å². The molecule has 1 aliphatic rings. The zero-order valence-electron chi connectivity index (χ0n) is 16.4. The van der Waals surface area contributed by atoms with Crippen LogP contribution in [0.2, 0.25) is 0 Å². The highest BCUT2D eigenvalue weighted by molar-refractivity contribution is 7.89. The molecular formula is C21H23N3O4S. The van der Waals surface area contributed by atoms with Gasteiger partial charge in [0.25, 0.3) is 0 Å². The molecule has 3 aromatic rings. The summed E-state index contributed by atoms with van der Waals surface area (Å²) in [7, 11) is -0.332. The highest BCUT2D eigenvalue weighted by Crippen LogP contribution is 2.34. The molecule has 4 rings (SSSR count). The van der Waals surface area contributed by atoms with Gasteiger partial charge in [0.15, 0.2) is 0 Å². The molecule has 8 heteroatoms. The van der Waals surface area contributed by atoms with E-state index in [1.54, 1.807) is 49.1 Å². The molecule has 0 saturated carbocycles. The van der Waals surface area contributed by atoms with Crippen molar-refractivity contribution in [2.75, 3.05) is 27.3 Å². The van der Waals surface area contributed by atoms with Crippen molar-refractivity contribution < 1.29 is 17.9 Å². The maximum Gasteiger partial charge on any atom is 0.243 e. The molecule has 2 heterocycles. The molecule has 1 fully saturated rings. The van der Waals surface area contributed by atoms with Crippen molar-refractivity contribution in [1.29, 1.82) is 0 Å². The van der Waals surface area contributed by atoms with Gasteiger partial charge >= 0.3 is 0 Å². The number of hydrogen-bond donors (Lipinski definition) is 0. The van der Waals surface area contributed by atoms with Crippen molar-refractivity contribution in [2.45, 2.75) is 23.7 Å². The first kappa shape index (κ1) is 19.6. The van der Waals surface area contributed by atoms with Gasteiger partial charge in [-0.2, -0.15) is 4.31 Å². The van der Waals surface area contributed by atoms with E-state index >= 15 is 0 Å². The zero-order chi connectivity index (χ0) is 20.4. The van der Waals surface area contributed by atoms with Gasteiger partial charge in [0.2, 0.25) is 10.0 Å². The van der Waals surface area contributed by atoms with E-state index in [0.717, 1.165) is 22.3 Å². The third-order valence-electron chi connectivity index (χ3n) is 5.41. The summed E-state index contributed by atoms with van der Waals surface area (Å²) >= 11 is 0. The van der Waals surface area contributed by atoms with Gasteiger partial charge in [-0.05, 0) is 49.2 Å². The third kappa shape index (κ3) is 3.77. The molecule has 0 aliphatic carbocycles. The summed E-state index contributed by atoms with van der Waals surface area (Å²) < 4.78 is 37.9. The average molecular weight is 413 g/mol. The molecule has 0 unspecified atom stereocenters. The zero-order valence-corrected chi connectivity index (χ0v) is 17.2. The van der Waals surface area contributed by atoms with Crippen LogP contribution in [0.15, 0.2) is 53.7 Å². The Balaban J connectivity index is 1.53. The van der Waals surface area contributed by atoms with Crippen LogP contribution in [0.3, 0.4) is 0 Å². The predicted molar refractivity (Wildman–Crippen MR) is 110 cm³/mol. The van der Waals surface area contributed by atoms with E-state index in [0.29, 0.717) is 31.7 Å². The predicted octanol–water partition coefficient (Wildman–Crippen LogP) is 3.22. The molecule has 1 aromatic heterocycles. The molecule has 0 bridgehead atoms. The Kier molecular flexibility index (Phi) is 5.38. The summed E-state index contributed by atoms with van der Waals surface area (Å²) in [6, 6.07) is 12.3. The van der Waals surface area contributed by atoms with Crippen LogP contribution in [-0.4, -0.2) is 50.0 Å². The van der Waals surface area contributed by atoms with Crippen LogP contribution in [0.4, 0.5) is 0 Å². The van der Waals surface area contributed by atoms with Crippen molar-refractivity contribution >= 4 is 20.9 Å². The first-order valence-electron chi connectivity index (χ1n) is 9.46. The SMILES string of the molecule is COc1ccc(S(=O)(=O)N2CCC(c3ncnc4cc(OC)ccc34)CC2)cc1. The number of methoxy groups -OCH3 is 2. The monoisotopic (exact) mass is 413 g/mol. The number of fused-ring (bicyclic) bond motifs is 1. The fraction of sp³-hybridized carbons (Fsp3) is 0.333. The largest absolute Gasteiger partial charge is 0.497 e. The molecule has 0 spiro atoms. The number of rotatable bonds is 5. The van der Waals surface area contributed by atoms with Crippen LogP contribution in [0.1, 0.15) is 24.5 Å². The molecule has 1 aliphatic heterocycles. The molecule has 7 nitrogen and oxygen atoms in total. The fourth-order valence-corrected chi connectivity index (χ4v) is 5.25. The molecule has 0 radical (unpaired) electrons. The second-order valence-corrected chi connectivity index (χ2v) is 8.93. The Morgan fingerprint density at radius 2 is 1.59 bits per heavy atom. The van der Waals surface area contributed by atoms with Crippen LogP contribution in [0.25, 0.3) is 10.9 Å². The van der Waals surface area contributed by atoms with Crippen molar-refractivity contribution in [2.24, 2.45) is 0 Å². The third-order valence-corrected chi connectivity index (χ3v) is 7.33. The molecular weight excluding hydrogens is 390 g/mol. The average Bonchev–Trinajstić information content (AvgIpc) is 2.78. The lowest BCUT2D eigenvalue weighted by Crippen LogP contribution is -2.38. The van der Waals surface area contributed by atoms with Crippen LogP contribution in [-0.2, 0) is 10.0 Å². The molecule has 0 amide bonds. The van der Waals surface area contributed by atoms with Crippen LogP contribution < -0.4 is 9.47 Å². The van der Waals surface area contributed by atoms with E-state index in [-0.39, 0.29) is 10.8 Å². The van der Waals surface area contributed by atoms with E-state index in [1.165, 1.54) is 0 Å². The Morgan fingerprint density at radius 1 is 0.931 bits per heavy atom. The number of nitrogens with zero attached hydrogens (tertiary/aromatic N) is 3. The van der Waals surface area contributed by atoms with E-state index in [4.69, 9.17) is 9.47 Å². The lowest BCUT2D eigenvalue weighted by molar-refractivity contribution is 0.317. The van der Waals surface area contributed by atoms with Crippen molar-refractivity contribution in [1.82, 2.24) is 14.3 Å². The van der Waals surface area contributed by atoms with Crippen molar-refractivity contribution in [3.63, 3.8) is 0 Å². The Morgan fingerprint density at radius 3 is 2.24 bits per heavy atom. The molecule has 0 atom stereocenters. The second-order valence-electron chi connectivity index (χ2n) is 7.00. The quantitative estimate of drug-likeness (QED) is 0.639. The minimum Gasteiger partial charge on any atom is -0.497 e. The smallest absolute Gasteiger partial charge is 0.243 e. The summed E-state index contributed by atoms with van der Waals surface area (Å²) in [5, 5.41) is 0.991. The highest BCUT2D eigenvalue weighted by atomic mass is 32.2. The Labute approximate surface area is 170 Å². The van der Waals surface area contributed by atoms with Gasteiger partial charge in [-0.25, -0.2) is 18.4 Å². The minimum atomic E-state index is -3.52. The molecule has 152 valence electrons. The maximum absolute atomic E-state index is 13.0. The first-order chi connectivity index (χ1) is 14.0. The van der Waals surface area contributed by atoms with Gasteiger partial charge in [0.1, 0.15) is 17.8 Å². The Bertz CT molecular complexity index is 1110. The summed E-state index contributed by atoms with van der Waals surface area (Å²) in [6.07, 6.45) is 3.00. The summed E-state index contributed by atoms with van der Waals surface area (Å²) in [5.74, 6) is 1.58. The number of aromatic nitrogens is 2. The fourth-order valence-electron chi connectivity index (χ4n) is 3.78. The van der Waals surface area contributed by atoms with Crippen LogP contribution in [0, 0.1) is 0 Å². The molecule has 1 saturated heterocycles. The number of sulfonamides is 1. The normalized spacial score (nSPS) is 16.1. The second kappa shape index (κ2) is 7.96. The highest BCUT2D eigenvalue weighted by Gasteiger charge is 2.31. The summed E-state index contributed by atoms with van der Waals surface area (Å²) in [4.78, 5) is 9.15. The van der Waals surface area contributed by atoms with Gasteiger partial charge in [-0.3, -0.25) is 0 Å². The van der Waals surface area contributed by atoms with Crippen molar-refractivity contribution in [3.05, 3.63) is 54.5 Å². The number of piperidine rings is 1. The summed E-state index contributed by atoms with van der Waals surface area (Å²) in [5.41, 5.74) is 1.81. The van der Waals surface area contributed by atoms with E-state index in [2.05, 4.69) is 9.97 Å². The standard InChI is InChI=1S/C21H23N3O4S/c1-27-16-3-6-18(7-4-16)29(25,26)24-11-9-15(10-12-24)21-19-8-5-17(28-2)13-20(19)22-14-23-21/h3-8,13-15H,9-12H2,1-2H3. The topological polar surface area (TPSA) is 81.6 Å². The maximum atomic E-state index is 13.0. The minimum absolute atomic E-state index is 0.191. The lowest BCUT2D eigenvalue weighted by Gasteiger charge is -2.31. The molecule has 0 N–H and O–H groups in total. The Hall–Kier alpha value is -2.71. The van der Waals surface area contributed by atoms with Crippen molar-refractivity contribution in [3.8, 4) is 11.5 Å². The lowest BCUT2D eigenvalue weighted by atomic mass is 9.92. The van der Waals surface area contributed by atoms with Gasteiger partial charge in [0.05, 0.1) is 30.3 Å². The summed E-state index contributed by atoms with van der Waals surface area (Å²) in [6.45, 7) is 0.918. The van der Waals surface area contributed by atoms with Crippen LogP contribution >= 0.6 is 0 Å². The van der Waals surface area contributed by atoms with E-state index in [1.807, 2.05) is 18.2 Å². The first-order valence-corrected chi connectivity index (χ1v) is 10.9. The van der Waals surface area contributed by atoms with Gasteiger partial charge in [0, 0.05) is 30.5 Å². The van der Waals surface area contributed by atoms with Gasteiger partial charge < -0.3 is 9.47 Å². The number of benzene rings is 2. The van der Waals surface area contributed by atoms with E-state index in [9.17, 15) is 8.42 Å². The molecule has 2 aromatic carbocycles. The molecule has 29 heavy (non-hydrogen) atoms. The number of hydrogen-bond acceptors (Lipinski definition) is 6. The van der Waals surface area contributed by atoms with E-state index < -0.39 is 10.0 Å². The van der Waals surface area contributed by atoms with Gasteiger partial charge in [-0.15, -0.1) is 0 Å².